The van der Waals surface area contributed by atoms with Crippen molar-refractivity contribution in [3.05, 3.63) is 63.7 Å². The highest BCUT2D eigenvalue weighted by Gasteiger charge is 2.55. The number of halogens is 3. The Hall–Kier alpha value is -4.28. The first-order valence-electron chi connectivity index (χ1n) is 10.8. The maximum Gasteiger partial charge on any atom is 0.573 e. The van der Waals surface area contributed by atoms with Crippen molar-refractivity contribution in [2.75, 3.05) is 0 Å². The number of benzene rings is 2. The number of fused-ring (bicyclic) bond motifs is 4. The maximum atomic E-state index is 13.9. The second-order valence-corrected chi connectivity index (χ2v) is 8.82. The minimum absolute atomic E-state index is 0.0391. The molecule has 0 saturated carbocycles. The third kappa shape index (κ3) is 3.11. The van der Waals surface area contributed by atoms with E-state index in [-0.39, 0.29) is 39.5 Å². The highest BCUT2D eigenvalue weighted by Crippen LogP contribution is 2.58. The fraction of sp³-hybridized carbons (Fsp3) is 0.240. The van der Waals surface area contributed by atoms with E-state index < -0.39 is 34.8 Å². The smallest absolute Gasteiger partial charge is 0.507 e. The minimum atomic E-state index is -4.84. The molecule has 0 spiro atoms. The Kier molecular flexibility index (Phi) is 4.80. The van der Waals surface area contributed by atoms with Crippen molar-refractivity contribution >= 4 is 17.6 Å². The van der Waals surface area contributed by atoms with Gasteiger partial charge in [0, 0.05) is 11.6 Å². The van der Waals surface area contributed by atoms with Crippen molar-refractivity contribution in [2.45, 2.75) is 39.5 Å². The number of aryl methyl sites for hydroxylation is 1. The van der Waals surface area contributed by atoms with E-state index in [4.69, 9.17) is 4.74 Å². The number of nitrogens with zero attached hydrogens (tertiary/aromatic N) is 2. The molecule has 36 heavy (non-hydrogen) atoms. The lowest BCUT2D eigenvalue weighted by Gasteiger charge is -2.27. The summed E-state index contributed by atoms with van der Waals surface area (Å²) >= 11 is 0. The standard InChI is InChI=1S/C25H19F3N2O6/c1-10-20(32)18(12(3)31)22-19(21(10)33)24(4)16(35-22)9-15-17(23(24)34)11(2)29-30(15)13-5-7-14(8-6-13)36-25(26,27)28/h5-9,32-33H,1-4H3/t24-/m0/s1. The van der Waals surface area contributed by atoms with E-state index in [0.29, 0.717) is 17.1 Å². The minimum Gasteiger partial charge on any atom is -0.507 e. The van der Waals surface area contributed by atoms with Crippen LogP contribution in [0.4, 0.5) is 13.2 Å². The molecule has 3 aromatic rings. The van der Waals surface area contributed by atoms with E-state index >= 15 is 0 Å². The molecule has 2 heterocycles. The lowest BCUT2D eigenvalue weighted by Crippen LogP contribution is -2.36. The Labute approximate surface area is 202 Å². The van der Waals surface area contributed by atoms with E-state index in [1.165, 1.54) is 36.7 Å². The molecule has 0 unspecified atom stereocenters. The van der Waals surface area contributed by atoms with E-state index in [1.54, 1.807) is 13.8 Å². The molecule has 2 aromatic carbocycles. The number of carbonyl (C=O) groups is 2. The van der Waals surface area contributed by atoms with Gasteiger partial charge in [-0.05, 0) is 52.0 Å². The van der Waals surface area contributed by atoms with Crippen molar-refractivity contribution < 1.29 is 42.4 Å². The van der Waals surface area contributed by atoms with Gasteiger partial charge in [-0.2, -0.15) is 5.10 Å². The van der Waals surface area contributed by atoms with E-state index in [9.17, 15) is 33.0 Å². The monoisotopic (exact) mass is 500 g/mol. The van der Waals surface area contributed by atoms with Crippen LogP contribution >= 0.6 is 0 Å². The van der Waals surface area contributed by atoms with Gasteiger partial charge in [-0.1, -0.05) is 0 Å². The Morgan fingerprint density at radius 2 is 1.78 bits per heavy atom. The van der Waals surface area contributed by atoms with Crippen molar-refractivity contribution in [2.24, 2.45) is 0 Å². The van der Waals surface area contributed by atoms with Gasteiger partial charge in [-0.15, -0.1) is 13.2 Å². The third-order valence-electron chi connectivity index (χ3n) is 6.56. The summed E-state index contributed by atoms with van der Waals surface area (Å²) in [5.74, 6) is -2.16. The molecule has 2 N–H and O–H groups in total. The second kappa shape index (κ2) is 7.36. The molecule has 8 nitrogen and oxygen atoms in total. The molecule has 1 aromatic heterocycles. The zero-order valence-corrected chi connectivity index (χ0v) is 19.4. The summed E-state index contributed by atoms with van der Waals surface area (Å²) in [5, 5.41) is 25.8. The molecule has 0 saturated heterocycles. The molecule has 186 valence electrons. The first kappa shape index (κ1) is 23.5. The first-order chi connectivity index (χ1) is 16.8. The van der Waals surface area contributed by atoms with E-state index in [0.717, 1.165) is 12.1 Å². The van der Waals surface area contributed by atoms with Crippen molar-refractivity contribution in [3.8, 4) is 28.7 Å². The van der Waals surface area contributed by atoms with Crippen LogP contribution in [0.25, 0.3) is 11.8 Å². The summed E-state index contributed by atoms with van der Waals surface area (Å²) in [4.78, 5) is 26.2. The Bertz CT molecular complexity index is 1520. The average molecular weight is 500 g/mol. The lowest BCUT2D eigenvalue weighted by molar-refractivity contribution is -0.274. The number of allylic oxidation sites excluding steroid dienone is 1. The molecule has 2 aliphatic rings. The van der Waals surface area contributed by atoms with Crippen molar-refractivity contribution in [3.63, 3.8) is 0 Å². The molecule has 0 fully saturated rings. The van der Waals surface area contributed by atoms with Gasteiger partial charge in [0.1, 0.15) is 39.7 Å². The van der Waals surface area contributed by atoms with Gasteiger partial charge in [0.2, 0.25) is 0 Å². The summed E-state index contributed by atoms with van der Waals surface area (Å²) in [7, 11) is 0. The molecule has 0 bridgehead atoms. The van der Waals surface area contributed by atoms with Gasteiger partial charge in [0.05, 0.1) is 28.2 Å². The zero-order chi connectivity index (χ0) is 26.3. The number of carbonyl (C=O) groups excluding carboxylic acids is 2. The maximum absolute atomic E-state index is 13.9. The summed E-state index contributed by atoms with van der Waals surface area (Å²) in [6, 6.07) is 4.96. The third-order valence-corrected chi connectivity index (χ3v) is 6.56. The number of hydrogen-bond donors (Lipinski definition) is 2. The summed E-state index contributed by atoms with van der Waals surface area (Å²) in [5.41, 5.74) is -0.293. The lowest BCUT2D eigenvalue weighted by atomic mass is 9.71. The molecule has 0 amide bonds. The summed E-state index contributed by atoms with van der Waals surface area (Å²) in [6.45, 7) is 5.82. The van der Waals surface area contributed by atoms with Crippen LogP contribution in [-0.4, -0.2) is 37.9 Å². The largest absolute Gasteiger partial charge is 0.573 e. The number of alkyl halides is 3. The van der Waals surface area contributed by atoms with Gasteiger partial charge in [0.15, 0.2) is 11.6 Å². The van der Waals surface area contributed by atoms with Crippen LogP contribution < -0.4 is 9.47 Å². The van der Waals surface area contributed by atoms with Gasteiger partial charge in [-0.3, -0.25) is 9.59 Å². The quantitative estimate of drug-likeness (QED) is 0.493. The average Bonchev–Trinajstić information content (AvgIpc) is 3.26. The SMILES string of the molecule is CC(=O)c1c(O)c(C)c(O)c2c1OC1=Cc3c(c(C)nn3-c3ccc(OC(F)(F)F)cc3)C(=O)[C@@]12C. The second-order valence-electron chi connectivity index (χ2n) is 8.82. The fourth-order valence-corrected chi connectivity index (χ4v) is 4.77. The topological polar surface area (TPSA) is 111 Å². The molecule has 1 aliphatic carbocycles. The van der Waals surface area contributed by atoms with Crippen LogP contribution in [-0.2, 0) is 5.41 Å². The van der Waals surface area contributed by atoms with Crippen LogP contribution in [0, 0.1) is 13.8 Å². The van der Waals surface area contributed by atoms with Crippen LogP contribution in [0.3, 0.4) is 0 Å². The number of phenols is 2. The predicted octanol–water partition coefficient (Wildman–Crippen LogP) is 4.89. The number of rotatable bonds is 3. The Balaban J connectivity index is 1.68. The first-order valence-corrected chi connectivity index (χ1v) is 10.8. The summed E-state index contributed by atoms with van der Waals surface area (Å²) in [6.07, 6.45) is -3.30. The van der Waals surface area contributed by atoms with Gasteiger partial charge in [0.25, 0.3) is 0 Å². The Morgan fingerprint density at radius 1 is 1.14 bits per heavy atom. The number of Topliss-reactive ketones (excluding diaryl/α,β-unsaturated/α-hetero) is 2. The highest BCUT2D eigenvalue weighted by molar-refractivity contribution is 6.14. The van der Waals surface area contributed by atoms with Crippen molar-refractivity contribution in [1.29, 1.82) is 0 Å². The van der Waals surface area contributed by atoms with Gasteiger partial charge < -0.3 is 19.7 Å². The number of ketones is 2. The summed E-state index contributed by atoms with van der Waals surface area (Å²) < 4.78 is 48.8. The van der Waals surface area contributed by atoms with Crippen LogP contribution in [0.2, 0.25) is 0 Å². The number of aromatic hydroxyl groups is 2. The number of phenolic OH excluding ortho intramolecular Hbond substituents is 2. The van der Waals surface area contributed by atoms with Gasteiger partial charge in [-0.25, -0.2) is 4.68 Å². The van der Waals surface area contributed by atoms with Gasteiger partial charge >= 0.3 is 6.36 Å². The zero-order valence-electron chi connectivity index (χ0n) is 19.4. The number of ether oxygens (including phenoxy) is 2. The molecular formula is C25H19F3N2O6. The normalized spacial score (nSPS) is 18.2. The van der Waals surface area contributed by atoms with Crippen LogP contribution in [0.15, 0.2) is 30.0 Å². The molecule has 1 aliphatic heterocycles. The molecule has 5 rings (SSSR count). The van der Waals surface area contributed by atoms with Crippen LogP contribution in [0.1, 0.15) is 57.1 Å². The predicted molar refractivity (Wildman–Crippen MR) is 120 cm³/mol. The fourth-order valence-electron chi connectivity index (χ4n) is 4.77. The van der Waals surface area contributed by atoms with Crippen molar-refractivity contribution in [1.82, 2.24) is 9.78 Å². The molecule has 1 atom stereocenters. The van der Waals surface area contributed by atoms with Crippen LogP contribution in [0.5, 0.6) is 23.0 Å². The van der Waals surface area contributed by atoms with E-state index in [2.05, 4.69) is 9.84 Å². The Morgan fingerprint density at radius 3 is 2.36 bits per heavy atom. The number of aromatic nitrogens is 2. The van der Waals surface area contributed by atoms with E-state index in [1.807, 2.05) is 0 Å². The molecular weight excluding hydrogens is 481 g/mol. The highest BCUT2D eigenvalue weighted by atomic mass is 19.4. The molecule has 11 heteroatoms. The number of hydrogen-bond acceptors (Lipinski definition) is 7. The molecule has 0 radical (unpaired) electrons.